The maximum Gasteiger partial charge on any atom is 0.394 e. The average molecular weight is 561 g/mol. The molecular formula is C26H27F3N6O3S. The van der Waals surface area contributed by atoms with Gasteiger partial charge in [0.2, 0.25) is 0 Å². The van der Waals surface area contributed by atoms with Crippen molar-refractivity contribution in [3.8, 4) is 17.6 Å². The fourth-order valence-corrected chi connectivity index (χ4v) is 4.70. The van der Waals surface area contributed by atoms with Crippen LogP contribution in [0.1, 0.15) is 29.9 Å². The minimum absolute atomic E-state index is 0.0219. The van der Waals surface area contributed by atoms with Crippen LogP contribution in [0.15, 0.2) is 53.7 Å². The lowest BCUT2D eigenvalue weighted by atomic mass is 10.1. The fourth-order valence-electron chi connectivity index (χ4n) is 4.07. The molecule has 9 nitrogen and oxygen atoms in total. The zero-order valence-electron chi connectivity index (χ0n) is 21.7. The van der Waals surface area contributed by atoms with Gasteiger partial charge in [-0.1, -0.05) is 12.0 Å². The molecule has 0 fully saturated rings. The Bertz CT molecular complexity index is 1670. The molecule has 0 aliphatic heterocycles. The summed E-state index contributed by atoms with van der Waals surface area (Å²) >= 11 is 0. The molecule has 0 unspecified atom stereocenters. The Morgan fingerprint density at radius 2 is 1.97 bits per heavy atom. The highest BCUT2D eigenvalue weighted by atomic mass is 32.2. The first-order valence-corrected chi connectivity index (χ1v) is 13.7. The second-order valence-electron chi connectivity index (χ2n) is 8.85. The van der Waals surface area contributed by atoms with Crippen LogP contribution in [0, 0.1) is 11.8 Å². The molecular weight excluding hydrogens is 533 g/mol. The molecule has 39 heavy (non-hydrogen) atoms. The van der Waals surface area contributed by atoms with Crippen molar-refractivity contribution < 1.29 is 26.3 Å². The Balaban J connectivity index is 1.64. The quantitative estimate of drug-likeness (QED) is 0.311. The van der Waals surface area contributed by atoms with Gasteiger partial charge in [0.05, 0.1) is 48.6 Å². The Hall–Kier alpha value is -4.18. The van der Waals surface area contributed by atoms with Gasteiger partial charge < -0.3 is 19.8 Å². The molecule has 0 saturated heterocycles. The van der Waals surface area contributed by atoms with E-state index in [1.807, 2.05) is 6.92 Å². The van der Waals surface area contributed by atoms with Crippen LogP contribution in [0.4, 0.5) is 24.7 Å². The van der Waals surface area contributed by atoms with Crippen LogP contribution in [0.25, 0.3) is 5.65 Å². The van der Waals surface area contributed by atoms with Crippen molar-refractivity contribution in [2.75, 3.05) is 30.5 Å². The number of hydrogen-bond acceptors (Lipinski definition) is 7. The number of ether oxygens (including phenoxy) is 1. The van der Waals surface area contributed by atoms with E-state index in [2.05, 4.69) is 32.6 Å². The molecule has 4 aromatic rings. The number of aromatic nitrogens is 4. The Kier molecular flexibility index (Phi) is 7.78. The molecule has 0 aliphatic carbocycles. The summed E-state index contributed by atoms with van der Waals surface area (Å²) in [5.74, 6) is 6.64. The predicted octanol–water partition coefficient (Wildman–Crippen LogP) is 4.22. The lowest BCUT2D eigenvalue weighted by Gasteiger charge is -2.16. The van der Waals surface area contributed by atoms with Gasteiger partial charge in [0, 0.05) is 37.2 Å². The molecule has 0 bridgehead atoms. The van der Waals surface area contributed by atoms with Crippen LogP contribution >= 0.6 is 0 Å². The lowest BCUT2D eigenvalue weighted by molar-refractivity contribution is -0.128. The van der Waals surface area contributed by atoms with E-state index in [4.69, 9.17) is 4.74 Å². The van der Waals surface area contributed by atoms with Crippen LogP contribution < -0.4 is 15.4 Å². The van der Waals surface area contributed by atoms with E-state index in [0.29, 0.717) is 22.6 Å². The number of benzene rings is 1. The first kappa shape index (κ1) is 27.8. The number of halogens is 3. The highest BCUT2D eigenvalue weighted by Gasteiger charge is 2.32. The molecule has 206 valence electrons. The van der Waals surface area contributed by atoms with Gasteiger partial charge in [-0.2, -0.15) is 18.3 Å². The number of anilines is 2. The Morgan fingerprint density at radius 3 is 2.62 bits per heavy atom. The summed E-state index contributed by atoms with van der Waals surface area (Å²) in [6, 6.07) is 9.35. The van der Waals surface area contributed by atoms with E-state index in [1.165, 1.54) is 23.6 Å². The maximum absolute atomic E-state index is 13.5. The van der Waals surface area contributed by atoms with Crippen molar-refractivity contribution in [2.45, 2.75) is 30.5 Å². The molecule has 0 saturated carbocycles. The van der Waals surface area contributed by atoms with Crippen LogP contribution in [0.3, 0.4) is 0 Å². The summed E-state index contributed by atoms with van der Waals surface area (Å²) < 4.78 is 72.5. The van der Waals surface area contributed by atoms with E-state index in [0.717, 1.165) is 12.1 Å². The number of aryl methyl sites for hydroxylation is 1. The van der Waals surface area contributed by atoms with Gasteiger partial charge in [0.1, 0.15) is 22.9 Å². The van der Waals surface area contributed by atoms with Gasteiger partial charge >= 0.3 is 6.18 Å². The van der Waals surface area contributed by atoms with Crippen LogP contribution in [0.5, 0.6) is 5.75 Å². The number of alkyl halides is 3. The average Bonchev–Trinajstić information content (AvgIpc) is 3.42. The third kappa shape index (κ3) is 6.46. The molecule has 0 aliphatic rings. The van der Waals surface area contributed by atoms with E-state index < -0.39 is 22.4 Å². The summed E-state index contributed by atoms with van der Waals surface area (Å²) in [6.45, 7) is 1.94. The number of sulfone groups is 1. The van der Waals surface area contributed by atoms with Gasteiger partial charge in [-0.3, -0.25) is 4.68 Å². The largest absolute Gasteiger partial charge is 0.495 e. The van der Waals surface area contributed by atoms with Crippen molar-refractivity contribution in [3.63, 3.8) is 0 Å². The molecule has 2 N–H and O–H groups in total. The van der Waals surface area contributed by atoms with E-state index >= 15 is 0 Å². The van der Waals surface area contributed by atoms with Gasteiger partial charge in [-0.25, -0.2) is 13.4 Å². The number of nitrogens with one attached hydrogen (secondary N) is 2. The topological polar surface area (TPSA) is 103 Å². The summed E-state index contributed by atoms with van der Waals surface area (Å²) in [5.41, 5.74) is 1.52. The molecule has 0 radical (unpaired) electrons. The number of rotatable bonds is 8. The smallest absolute Gasteiger partial charge is 0.394 e. The molecule has 0 spiro atoms. The van der Waals surface area contributed by atoms with Gasteiger partial charge in [-0.15, -0.1) is 0 Å². The SMILES string of the molecule is COc1cc(S(C)(=O)=O)ccc1NCC#Cc1nc2c([C@H](C)Nc3ccnn3C)cccn2c1CC(F)(F)F. The number of methoxy groups -OCH3 is 1. The Morgan fingerprint density at radius 1 is 1.21 bits per heavy atom. The van der Waals surface area contributed by atoms with Crippen LogP contribution in [-0.4, -0.2) is 53.7 Å². The maximum atomic E-state index is 13.5. The second-order valence-corrected chi connectivity index (χ2v) is 10.9. The molecule has 0 amide bonds. The highest BCUT2D eigenvalue weighted by molar-refractivity contribution is 7.90. The molecule has 1 aromatic carbocycles. The van der Waals surface area contributed by atoms with Crippen molar-refractivity contribution in [2.24, 2.45) is 7.05 Å². The summed E-state index contributed by atoms with van der Waals surface area (Å²) in [6.07, 6.45) is -1.38. The first-order valence-electron chi connectivity index (χ1n) is 11.8. The molecule has 1 atom stereocenters. The number of pyridine rings is 1. The van der Waals surface area contributed by atoms with Gasteiger partial charge in [-0.05, 0) is 31.0 Å². The van der Waals surface area contributed by atoms with Crippen molar-refractivity contribution in [1.82, 2.24) is 19.2 Å². The standard InChI is InChI=1S/C26H27F3N6O3S/c1-17(32-24-11-13-31-34(24)2)19-7-6-14-35-22(16-26(27,28)29)20(33-25(19)35)8-5-12-30-21-10-9-18(39(4,36)37)15-23(21)38-3/h6-7,9-11,13-15,17,30,32H,12,16H2,1-4H3/t17-/m0/s1. The first-order chi connectivity index (χ1) is 18.4. The number of hydrogen-bond donors (Lipinski definition) is 2. The van der Waals surface area contributed by atoms with Crippen LogP contribution in [0.2, 0.25) is 0 Å². The van der Waals surface area contributed by atoms with Gasteiger partial charge in [0.25, 0.3) is 0 Å². The third-order valence-electron chi connectivity index (χ3n) is 5.97. The molecule has 4 rings (SSSR count). The van der Waals surface area contributed by atoms with E-state index in [9.17, 15) is 21.6 Å². The monoisotopic (exact) mass is 560 g/mol. The van der Waals surface area contributed by atoms with Crippen molar-refractivity contribution in [3.05, 3.63) is 65.7 Å². The minimum Gasteiger partial charge on any atom is -0.495 e. The van der Waals surface area contributed by atoms with E-state index in [1.54, 1.807) is 48.4 Å². The third-order valence-corrected chi connectivity index (χ3v) is 7.08. The summed E-state index contributed by atoms with van der Waals surface area (Å²) in [7, 11) is -0.235. The number of fused-ring (bicyclic) bond motifs is 1. The van der Waals surface area contributed by atoms with E-state index in [-0.39, 0.29) is 28.9 Å². The predicted molar refractivity (Wildman–Crippen MR) is 142 cm³/mol. The fraction of sp³-hybridized carbons (Fsp3) is 0.308. The summed E-state index contributed by atoms with van der Waals surface area (Å²) in [5, 5.41) is 10.4. The highest BCUT2D eigenvalue weighted by Crippen LogP contribution is 2.29. The molecule has 3 aromatic heterocycles. The zero-order chi connectivity index (χ0) is 28.4. The number of imidazole rings is 1. The summed E-state index contributed by atoms with van der Waals surface area (Å²) in [4.78, 5) is 4.59. The molecule has 13 heteroatoms. The molecule has 3 heterocycles. The second kappa shape index (κ2) is 10.9. The minimum atomic E-state index is -4.46. The Labute approximate surface area is 223 Å². The van der Waals surface area contributed by atoms with Crippen LogP contribution in [-0.2, 0) is 23.3 Å². The van der Waals surface area contributed by atoms with Crippen molar-refractivity contribution in [1.29, 1.82) is 0 Å². The lowest BCUT2D eigenvalue weighted by Crippen LogP contribution is -2.15. The number of nitrogens with zero attached hydrogens (tertiary/aromatic N) is 4. The van der Waals surface area contributed by atoms with Gasteiger partial charge in [0.15, 0.2) is 9.84 Å². The zero-order valence-corrected chi connectivity index (χ0v) is 22.5. The van der Waals surface area contributed by atoms with Crippen molar-refractivity contribution >= 4 is 27.0 Å². The normalized spacial score (nSPS) is 12.6.